The Bertz CT molecular complexity index is 1770. The normalized spacial score (nSPS) is 19.5. The van der Waals surface area contributed by atoms with Gasteiger partial charge in [-0.25, -0.2) is 19.0 Å². The van der Waals surface area contributed by atoms with E-state index in [1.54, 1.807) is 30.1 Å². The van der Waals surface area contributed by atoms with Crippen molar-refractivity contribution in [1.82, 2.24) is 20.1 Å². The molecule has 1 fully saturated rings. The van der Waals surface area contributed by atoms with Crippen molar-refractivity contribution in [2.45, 2.75) is 38.3 Å². The standard InChI is InChI=1S/C32H30FN7O4/c1-18-13-14-40-32(44-18)25(27(38-40)20-11-12-24(34-15-20)39-16-21(17-39)43-2)30(41)37-29-31(42)36-28-22(9-6-10-23(28)33)26(35-29)19-7-4-3-5-8-19/h3-12,15,18,21,29H,13-14,16-17H2,1-2H3,(H,36,42)(H,37,41)/t18?,29-/m1/s1. The molecule has 0 aliphatic carbocycles. The van der Waals surface area contributed by atoms with Crippen LogP contribution in [0.5, 0.6) is 5.88 Å². The maximum atomic E-state index is 14.9. The molecule has 11 nitrogen and oxygen atoms in total. The third-order valence-corrected chi connectivity index (χ3v) is 8.06. The Labute approximate surface area is 252 Å². The number of ether oxygens (including phenoxy) is 2. The maximum absolute atomic E-state index is 14.9. The lowest BCUT2D eigenvalue weighted by molar-refractivity contribution is -0.117. The van der Waals surface area contributed by atoms with Crippen molar-refractivity contribution in [1.29, 1.82) is 0 Å². The number of amides is 2. The first-order chi connectivity index (χ1) is 21.4. The summed E-state index contributed by atoms with van der Waals surface area (Å²) < 4.78 is 28.1. The highest BCUT2D eigenvalue weighted by molar-refractivity contribution is 6.20. The number of halogens is 1. The number of fused-ring (bicyclic) bond motifs is 2. The average molecular weight is 596 g/mol. The Morgan fingerprint density at radius 1 is 1.09 bits per heavy atom. The first-order valence-electron chi connectivity index (χ1n) is 14.4. The molecule has 0 spiro atoms. The second-order valence-electron chi connectivity index (χ2n) is 11.0. The maximum Gasteiger partial charge on any atom is 0.269 e. The van der Waals surface area contributed by atoms with E-state index >= 15 is 0 Å². The van der Waals surface area contributed by atoms with E-state index in [1.165, 1.54) is 6.07 Å². The summed E-state index contributed by atoms with van der Waals surface area (Å²) in [5.74, 6) is -0.780. The van der Waals surface area contributed by atoms with Crippen LogP contribution in [0.2, 0.25) is 0 Å². The summed E-state index contributed by atoms with van der Waals surface area (Å²) in [5, 5.41) is 10.1. The van der Waals surface area contributed by atoms with Crippen molar-refractivity contribution < 1.29 is 23.5 Å². The summed E-state index contributed by atoms with van der Waals surface area (Å²) in [5.41, 5.74) is 2.61. The number of aromatic nitrogens is 3. The Morgan fingerprint density at radius 3 is 2.66 bits per heavy atom. The fraction of sp³-hybridized carbons (Fsp3) is 0.281. The molecular weight excluding hydrogens is 565 g/mol. The molecule has 7 rings (SSSR count). The Hall–Kier alpha value is -5.10. The number of carbonyl (C=O) groups excluding carboxylic acids is 2. The van der Waals surface area contributed by atoms with Gasteiger partial charge in [0.25, 0.3) is 11.8 Å². The molecule has 1 unspecified atom stereocenters. The number of carbonyl (C=O) groups is 2. The second-order valence-corrected chi connectivity index (χ2v) is 11.0. The van der Waals surface area contributed by atoms with Crippen LogP contribution >= 0.6 is 0 Å². The predicted molar refractivity (Wildman–Crippen MR) is 162 cm³/mol. The Morgan fingerprint density at radius 2 is 1.91 bits per heavy atom. The third-order valence-electron chi connectivity index (χ3n) is 8.06. The molecule has 4 aromatic rings. The van der Waals surface area contributed by atoms with Gasteiger partial charge in [0.15, 0.2) is 0 Å². The summed E-state index contributed by atoms with van der Waals surface area (Å²) in [6, 6.07) is 17.4. The molecule has 5 heterocycles. The largest absolute Gasteiger partial charge is 0.474 e. The van der Waals surface area contributed by atoms with Gasteiger partial charge in [0.2, 0.25) is 12.0 Å². The van der Waals surface area contributed by atoms with E-state index in [1.807, 2.05) is 49.4 Å². The van der Waals surface area contributed by atoms with Crippen LogP contribution < -0.4 is 20.3 Å². The minimum atomic E-state index is -1.37. The van der Waals surface area contributed by atoms with Gasteiger partial charge in [0.05, 0.1) is 23.6 Å². The van der Waals surface area contributed by atoms with Crippen LogP contribution in [-0.2, 0) is 16.1 Å². The van der Waals surface area contributed by atoms with Crippen LogP contribution in [0.3, 0.4) is 0 Å². The van der Waals surface area contributed by atoms with Crippen molar-refractivity contribution in [3.8, 4) is 17.1 Å². The molecule has 224 valence electrons. The van der Waals surface area contributed by atoms with Gasteiger partial charge in [-0.05, 0) is 25.1 Å². The Balaban J connectivity index is 1.25. The molecule has 1 saturated heterocycles. The molecule has 0 bridgehead atoms. The molecule has 12 heteroatoms. The summed E-state index contributed by atoms with van der Waals surface area (Å²) in [6.45, 7) is 3.99. The van der Waals surface area contributed by atoms with E-state index in [2.05, 4.69) is 25.5 Å². The first kappa shape index (κ1) is 27.7. The summed E-state index contributed by atoms with van der Waals surface area (Å²) in [6.07, 6.45) is 1.08. The number of para-hydroxylation sites is 1. The lowest BCUT2D eigenvalue weighted by atomic mass is 10.0. The number of benzodiazepines with no additional fused rings is 1. The number of hydrogen-bond acceptors (Lipinski definition) is 8. The van der Waals surface area contributed by atoms with Crippen molar-refractivity contribution in [3.63, 3.8) is 0 Å². The van der Waals surface area contributed by atoms with E-state index in [0.29, 0.717) is 40.5 Å². The molecule has 2 aromatic carbocycles. The van der Waals surface area contributed by atoms with Crippen molar-refractivity contribution in [2.75, 3.05) is 30.4 Å². The van der Waals surface area contributed by atoms with Crippen LogP contribution in [-0.4, -0.2) is 70.9 Å². The number of methoxy groups -OCH3 is 1. The quantitative estimate of drug-likeness (QED) is 0.349. The first-order valence-corrected chi connectivity index (χ1v) is 14.4. The summed E-state index contributed by atoms with van der Waals surface area (Å²) >= 11 is 0. The minimum absolute atomic E-state index is 0.00259. The van der Waals surface area contributed by atoms with E-state index in [0.717, 1.165) is 25.3 Å². The number of pyridine rings is 1. The van der Waals surface area contributed by atoms with Crippen LogP contribution in [0.15, 0.2) is 71.9 Å². The van der Waals surface area contributed by atoms with Gasteiger partial charge >= 0.3 is 0 Å². The minimum Gasteiger partial charge on any atom is -0.474 e. The predicted octanol–water partition coefficient (Wildman–Crippen LogP) is 3.64. The monoisotopic (exact) mass is 595 g/mol. The van der Waals surface area contributed by atoms with Crippen molar-refractivity contribution in [3.05, 3.63) is 89.4 Å². The smallest absolute Gasteiger partial charge is 0.269 e. The number of rotatable bonds is 6. The molecule has 44 heavy (non-hydrogen) atoms. The van der Waals surface area contributed by atoms with Crippen LogP contribution in [0, 0.1) is 5.82 Å². The molecular formula is C32H30FN7O4. The van der Waals surface area contributed by atoms with Crippen LogP contribution in [0.4, 0.5) is 15.9 Å². The van der Waals surface area contributed by atoms with Crippen LogP contribution in [0.1, 0.15) is 34.8 Å². The fourth-order valence-electron chi connectivity index (χ4n) is 5.58. The number of nitrogens with one attached hydrogen (secondary N) is 2. The van der Waals surface area contributed by atoms with Gasteiger partial charge < -0.3 is 25.0 Å². The number of anilines is 2. The van der Waals surface area contributed by atoms with Crippen molar-refractivity contribution >= 4 is 29.0 Å². The van der Waals surface area contributed by atoms with Gasteiger partial charge in [-0.1, -0.05) is 42.5 Å². The van der Waals surface area contributed by atoms with Gasteiger partial charge in [-0.2, -0.15) is 5.10 Å². The number of nitrogens with zero attached hydrogens (tertiary/aromatic N) is 5. The highest BCUT2D eigenvalue weighted by Crippen LogP contribution is 2.35. The van der Waals surface area contributed by atoms with E-state index in [-0.39, 0.29) is 23.5 Å². The highest BCUT2D eigenvalue weighted by atomic mass is 19.1. The molecule has 2 N–H and O–H groups in total. The zero-order valence-electron chi connectivity index (χ0n) is 24.2. The lowest BCUT2D eigenvalue weighted by Crippen LogP contribution is -2.52. The SMILES string of the molecule is COC1CN(c2ccc(-c3nn4c(c3C(=O)N[C@H]3N=C(c5ccccc5)c5cccc(F)c5NC3=O)OC(C)CC4)cn2)C1. The van der Waals surface area contributed by atoms with Gasteiger partial charge in [0, 0.05) is 56.1 Å². The molecule has 3 aliphatic rings. The third kappa shape index (κ3) is 4.96. The molecule has 0 saturated carbocycles. The zero-order valence-corrected chi connectivity index (χ0v) is 24.2. The van der Waals surface area contributed by atoms with Gasteiger partial charge in [0.1, 0.15) is 22.9 Å². The van der Waals surface area contributed by atoms with Crippen molar-refractivity contribution in [2.24, 2.45) is 4.99 Å². The van der Waals surface area contributed by atoms with E-state index < -0.39 is 23.8 Å². The highest BCUT2D eigenvalue weighted by Gasteiger charge is 2.35. The molecule has 2 amide bonds. The second kappa shape index (κ2) is 11.2. The number of aliphatic imine (C=N–C) groups is 1. The van der Waals surface area contributed by atoms with Gasteiger partial charge in [-0.3, -0.25) is 9.59 Å². The number of hydrogen-bond donors (Lipinski definition) is 2. The molecule has 0 radical (unpaired) electrons. The topological polar surface area (TPSA) is 123 Å². The molecule has 2 aromatic heterocycles. The molecule has 2 atom stereocenters. The number of benzene rings is 2. The average Bonchev–Trinajstić information content (AvgIpc) is 3.32. The summed E-state index contributed by atoms with van der Waals surface area (Å²) in [7, 11) is 1.69. The van der Waals surface area contributed by atoms with E-state index in [9.17, 15) is 14.0 Å². The number of aryl methyl sites for hydroxylation is 1. The Kier molecular flexibility index (Phi) is 7.05. The lowest BCUT2D eigenvalue weighted by Gasteiger charge is -2.38. The van der Waals surface area contributed by atoms with Gasteiger partial charge in [-0.15, -0.1) is 0 Å². The van der Waals surface area contributed by atoms with Crippen LogP contribution in [0.25, 0.3) is 11.3 Å². The summed E-state index contributed by atoms with van der Waals surface area (Å²) in [4.78, 5) is 38.9. The zero-order chi connectivity index (χ0) is 30.4. The molecule has 3 aliphatic heterocycles. The fourth-order valence-corrected chi connectivity index (χ4v) is 5.58. The van der Waals surface area contributed by atoms with E-state index in [4.69, 9.17) is 14.6 Å².